The molecule has 27 heavy (non-hydrogen) atoms. The zero-order valence-corrected chi connectivity index (χ0v) is 17.6. The quantitative estimate of drug-likeness (QED) is 0.153. The van der Waals surface area contributed by atoms with Gasteiger partial charge in [0.15, 0.2) is 0 Å². The molecule has 3 amide bonds. The van der Waals surface area contributed by atoms with E-state index in [1.807, 2.05) is 0 Å². The number of rotatable bonds is 7. The Balaban J connectivity index is 0.00000261. The van der Waals surface area contributed by atoms with E-state index < -0.39 is 34.4 Å². The Bertz CT molecular complexity index is 802. The van der Waals surface area contributed by atoms with Crippen molar-refractivity contribution >= 4 is 22.3 Å². The molecule has 0 aliphatic carbocycles. The second-order valence-corrected chi connectivity index (χ2v) is 6.89. The van der Waals surface area contributed by atoms with Gasteiger partial charge in [-0.05, 0) is 19.8 Å². The summed E-state index contributed by atoms with van der Waals surface area (Å²) in [5, 5.41) is 8.16. The van der Waals surface area contributed by atoms with Gasteiger partial charge in [-0.25, -0.2) is 23.4 Å². The summed E-state index contributed by atoms with van der Waals surface area (Å²) >= 11 is 0. The van der Waals surface area contributed by atoms with Crippen molar-refractivity contribution in [2.45, 2.75) is 38.4 Å². The number of nitrogens with one attached hydrogen (secondary N) is 1. The largest absolute Gasteiger partial charge is 1.00 e. The van der Waals surface area contributed by atoms with Crippen LogP contribution < -0.4 is 35.0 Å². The number of fused-ring (bicyclic) bond motifs is 2. The van der Waals surface area contributed by atoms with Gasteiger partial charge in [-0.1, -0.05) is 5.21 Å². The Morgan fingerprint density at radius 3 is 2.81 bits per heavy atom. The van der Waals surface area contributed by atoms with E-state index in [0.29, 0.717) is 18.0 Å². The molecule has 2 fully saturated rings. The standard InChI is InChI=1S/C12H18N6O7S.Na/c1-8-6-16(15-13-8)4-5-24-14-11(19)10-3-2-9-7-17(10)12(20)18(9)25-26(21,22)23;/h6,9-10H,2-5,7H2,1H3,(H,14,19)(H,21,22,23);/q;+1/p-1/t9-,10+;/m1./s1. The Kier molecular flexibility index (Phi) is 7.18. The third-order valence-electron chi connectivity index (χ3n) is 4.05. The van der Waals surface area contributed by atoms with Crippen molar-refractivity contribution in [2.75, 3.05) is 13.2 Å². The first-order chi connectivity index (χ1) is 12.2. The van der Waals surface area contributed by atoms with Gasteiger partial charge in [0.05, 0.1) is 24.9 Å². The van der Waals surface area contributed by atoms with Gasteiger partial charge in [-0.3, -0.25) is 9.63 Å². The smallest absolute Gasteiger partial charge is 0.724 e. The second kappa shape index (κ2) is 8.81. The summed E-state index contributed by atoms with van der Waals surface area (Å²) in [7, 11) is -5.07. The molecule has 144 valence electrons. The van der Waals surface area contributed by atoms with Crippen LogP contribution in [0.3, 0.4) is 0 Å². The molecule has 2 saturated heterocycles. The average Bonchev–Trinajstić information content (AvgIpc) is 3.08. The molecular weight excluding hydrogens is 395 g/mol. The van der Waals surface area contributed by atoms with Crippen LogP contribution in [0.15, 0.2) is 6.20 Å². The first-order valence-electron chi connectivity index (χ1n) is 7.78. The number of hydrogen-bond acceptors (Lipinski definition) is 9. The van der Waals surface area contributed by atoms with E-state index >= 15 is 0 Å². The van der Waals surface area contributed by atoms with E-state index in [4.69, 9.17) is 4.84 Å². The van der Waals surface area contributed by atoms with E-state index in [2.05, 4.69) is 20.1 Å². The van der Waals surface area contributed by atoms with Gasteiger partial charge in [-0.2, -0.15) is 9.35 Å². The average molecular weight is 412 g/mol. The molecule has 15 heteroatoms. The Hall–Kier alpha value is -1.29. The van der Waals surface area contributed by atoms with Crippen LogP contribution in [0.4, 0.5) is 4.79 Å². The zero-order valence-electron chi connectivity index (χ0n) is 14.8. The van der Waals surface area contributed by atoms with Gasteiger partial charge in [0.2, 0.25) is 10.4 Å². The minimum absolute atomic E-state index is 0. The fourth-order valence-electron chi connectivity index (χ4n) is 2.93. The number of hydroxylamine groups is 3. The first-order valence-corrected chi connectivity index (χ1v) is 9.11. The summed E-state index contributed by atoms with van der Waals surface area (Å²) in [5.74, 6) is -0.543. The molecule has 3 heterocycles. The predicted octanol–water partition coefficient (Wildman–Crippen LogP) is -4.70. The number of carbonyl (C=O) groups excluding carboxylic acids is 2. The van der Waals surface area contributed by atoms with Crippen molar-refractivity contribution in [2.24, 2.45) is 0 Å². The van der Waals surface area contributed by atoms with Crippen LogP contribution in [0.1, 0.15) is 18.5 Å². The summed E-state index contributed by atoms with van der Waals surface area (Å²) in [4.78, 5) is 30.7. The summed E-state index contributed by atoms with van der Waals surface area (Å²) < 4.78 is 37.9. The fraction of sp³-hybridized carbons (Fsp3) is 0.667. The van der Waals surface area contributed by atoms with Crippen LogP contribution in [0.2, 0.25) is 0 Å². The van der Waals surface area contributed by atoms with Gasteiger partial charge < -0.3 is 9.45 Å². The molecule has 2 bridgehead atoms. The van der Waals surface area contributed by atoms with E-state index in [1.165, 1.54) is 0 Å². The number of piperidine rings is 1. The summed E-state index contributed by atoms with van der Waals surface area (Å²) in [6.45, 7) is 2.40. The first kappa shape index (κ1) is 22.0. The van der Waals surface area contributed by atoms with Crippen LogP contribution in [-0.4, -0.2) is 75.1 Å². The molecular formula is C12H17N6NaO7S. The van der Waals surface area contributed by atoms with Crippen LogP contribution in [0.5, 0.6) is 0 Å². The molecule has 1 N–H and O–H groups in total. The van der Waals surface area contributed by atoms with Gasteiger partial charge in [0.1, 0.15) is 6.04 Å². The van der Waals surface area contributed by atoms with Crippen molar-refractivity contribution < 1.29 is 61.2 Å². The second-order valence-electron chi connectivity index (χ2n) is 5.93. The van der Waals surface area contributed by atoms with E-state index in [9.17, 15) is 22.6 Å². The monoisotopic (exact) mass is 412 g/mol. The number of urea groups is 1. The minimum atomic E-state index is -5.07. The van der Waals surface area contributed by atoms with Crippen molar-refractivity contribution in [1.82, 2.24) is 30.4 Å². The van der Waals surface area contributed by atoms with E-state index in [0.717, 1.165) is 10.6 Å². The molecule has 0 aromatic carbocycles. The fourth-order valence-corrected chi connectivity index (χ4v) is 3.32. The maximum absolute atomic E-state index is 12.2. The summed E-state index contributed by atoms with van der Waals surface area (Å²) in [5.41, 5.74) is 3.02. The molecule has 2 atom stereocenters. The number of aryl methyl sites for hydroxylation is 1. The van der Waals surface area contributed by atoms with Crippen molar-refractivity contribution in [3.63, 3.8) is 0 Å². The molecule has 3 rings (SSSR count). The van der Waals surface area contributed by atoms with E-state index in [1.54, 1.807) is 17.8 Å². The third-order valence-corrected chi connectivity index (χ3v) is 4.39. The normalized spacial score (nSPS) is 21.9. The summed E-state index contributed by atoms with van der Waals surface area (Å²) in [6.07, 6.45) is 2.31. The molecule has 0 unspecified atom stereocenters. The van der Waals surface area contributed by atoms with Gasteiger partial charge in [0.25, 0.3) is 5.91 Å². The van der Waals surface area contributed by atoms with Gasteiger partial charge >= 0.3 is 35.6 Å². The van der Waals surface area contributed by atoms with Crippen LogP contribution in [0, 0.1) is 6.92 Å². The molecule has 0 spiro atoms. The third kappa shape index (κ3) is 5.37. The van der Waals surface area contributed by atoms with Crippen molar-refractivity contribution in [3.8, 4) is 0 Å². The molecule has 2 aliphatic heterocycles. The molecule has 13 nitrogen and oxygen atoms in total. The van der Waals surface area contributed by atoms with E-state index in [-0.39, 0.29) is 49.1 Å². The predicted molar refractivity (Wildman–Crippen MR) is 80.4 cm³/mol. The van der Waals surface area contributed by atoms with Gasteiger partial charge in [-0.15, -0.1) is 5.10 Å². The number of amides is 3. The number of hydrogen-bond donors (Lipinski definition) is 1. The molecule has 2 aliphatic rings. The molecule has 1 aromatic rings. The van der Waals surface area contributed by atoms with Crippen molar-refractivity contribution in [1.29, 1.82) is 0 Å². The van der Waals surface area contributed by atoms with Crippen LogP contribution in [0.25, 0.3) is 0 Å². The Morgan fingerprint density at radius 2 is 2.19 bits per heavy atom. The number of aromatic nitrogens is 3. The SMILES string of the molecule is Cc1cn(CCONC(=O)[C@@H]2CC[C@@H]3CN2C(=O)N3OS(=O)(=O)[O-])nn1.[Na+]. The Morgan fingerprint density at radius 1 is 1.44 bits per heavy atom. The van der Waals surface area contributed by atoms with Crippen LogP contribution >= 0.6 is 0 Å². The zero-order chi connectivity index (χ0) is 18.9. The van der Waals surface area contributed by atoms with Crippen LogP contribution in [-0.2, 0) is 30.9 Å². The number of nitrogens with zero attached hydrogens (tertiary/aromatic N) is 5. The minimum Gasteiger partial charge on any atom is -0.724 e. The number of carbonyl (C=O) groups is 2. The molecule has 0 saturated carbocycles. The maximum atomic E-state index is 12.2. The molecule has 1 aromatic heterocycles. The van der Waals surface area contributed by atoms with Gasteiger partial charge in [0, 0.05) is 12.7 Å². The van der Waals surface area contributed by atoms with Crippen molar-refractivity contribution in [3.05, 3.63) is 11.9 Å². The Labute approximate surface area is 177 Å². The summed E-state index contributed by atoms with van der Waals surface area (Å²) in [6, 6.07) is -2.27. The maximum Gasteiger partial charge on any atom is 1.00 e. The molecule has 0 radical (unpaired) electrons. The topological polar surface area (TPSA) is 159 Å².